The number of aromatic hydroxyl groups is 1. The predicted octanol–water partition coefficient (Wildman–Crippen LogP) is 1.12. The van der Waals surface area contributed by atoms with Gasteiger partial charge in [0.05, 0.1) is 0 Å². The van der Waals surface area contributed by atoms with Gasteiger partial charge in [0.1, 0.15) is 10.6 Å². The van der Waals surface area contributed by atoms with Crippen molar-refractivity contribution in [2.75, 3.05) is 0 Å². The first-order valence-electron chi connectivity index (χ1n) is 3.91. The van der Waals surface area contributed by atoms with Crippen LogP contribution < -0.4 is 4.72 Å². The number of hydrogen-bond donors (Lipinski definition) is 2. The Morgan fingerprint density at radius 3 is 2.71 bits per heavy atom. The molecule has 0 bridgehead atoms. The second-order valence-corrected chi connectivity index (χ2v) is 4.43. The second-order valence-electron chi connectivity index (χ2n) is 2.75. The van der Waals surface area contributed by atoms with E-state index in [1.54, 1.807) is 19.1 Å². The molecule has 0 saturated heterocycles. The predicted molar refractivity (Wildman–Crippen MR) is 53.4 cm³/mol. The molecule has 0 aliphatic rings. The lowest BCUT2D eigenvalue weighted by Gasteiger charge is -2.07. The third-order valence-electron chi connectivity index (χ3n) is 1.73. The Hall–Kier alpha value is -1.49. The van der Waals surface area contributed by atoms with Crippen molar-refractivity contribution in [3.8, 4) is 5.75 Å². The lowest BCUT2D eigenvalue weighted by molar-refractivity contribution is 0.454. The summed E-state index contributed by atoms with van der Waals surface area (Å²) in [6.07, 6.45) is 1.05. The molecule has 0 amide bonds. The number of phenols is 1. The SMILES string of the molecule is C=CNS(=O)(=O)c1cccc(C)c1O. The van der Waals surface area contributed by atoms with Gasteiger partial charge in [-0.25, -0.2) is 8.42 Å². The Morgan fingerprint density at radius 2 is 2.14 bits per heavy atom. The van der Waals surface area contributed by atoms with Crippen LogP contribution in [0.4, 0.5) is 0 Å². The van der Waals surface area contributed by atoms with Gasteiger partial charge in [-0.15, -0.1) is 0 Å². The number of aryl methyl sites for hydroxylation is 1. The molecule has 1 aromatic rings. The zero-order chi connectivity index (χ0) is 10.8. The van der Waals surface area contributed by atoms with Gasteiger partial charge in [0.25, 0.3) is 10.0 Å². The fraction of sp³-hybridized carbons (Fsp3) is 0.111. The number of sulfonamides is 1. The molecule has 1 aromatic carbocycles. The van der Waals surface area contributed by atoms with E-state index in [9.17, 15) is 13.5 Å². The van der Waals surface area contributed by atoms with Gasteiger partial charge in [0.2, 0.25) is 0 Å². The van der Waals surface area contributed by atoms with Crippen LogP contribution in [0.2, 0.25) is 0 Å². The molecule has 0 saturated carbocycles. The minimum absolute atomic E-state index is 0.141. The summed E-state index contributed by atoms with van der Waals surface area (Å²) in [6.45, 7) is 4.88. The van der Waals surface area contributed by atoms with E-state index < -0.39 is 10.0 Å². The average molecular weight is 213 g/mol. The van der Waals surface area contributed by atoms with Crippen molar-refractivity contribution in [1.82, 2.24) is 4.72 Å². The summed E-state index contributed by atoms with van der Waals surface area (Å²) < 4.78 is 25.0. The van der Waals surface area contributed by atoms with Crippen LogP contribution in [0.5, 0.6) is 5.75 Å². The van der Waals surface area contributed by atoms with Crippen molar-refractivity contribution in [3.63, 3.8) is 0 Å². The quantitative estimate of drug-likeness (QED) is 0.790. The summed E-state index contributed by atoms with van der Waals surface area (Å²) in [5.41, 5.74) is 0.511. The lowest BCUT2D eigenvalue weighted by atomic mass is 10.2. The van der Waals surface area contributed by atoms with Gasteiger partial charge < -0.3 is 5.11 Å². The van der Waals surface area contributed by atoms with Crippen LogP contribution >= 0.6 is 0 Å². The highest BCUT2D eigenvalue weighted by Crippen LogP contribution is 2.25. The number of hydrogen-bond acceptors (Lipinski definition) is 3. The van der Waals surface area contributed by atoms with Crippen LogP contribution in [0.25, 0.3) is 0 Å². The van der Waals surface area contributed by atoms with E-state index in [0.717, 1.165) is 6.20 Å². The summed E-state index contributed by atoms with van der Waals surface area (Å²) in [6, 6.07) is 4.52. The molecule has 0 aliphatic carbocycles. The third kappa shape index (κ3) is 1.88. The van der Waals surface area contributed by atoms with Gasteiger partial charge in [-0.05, 0) is 18.6 Å². The molecular formula is C9H11NO3S. The number of rotatable bonds is 3. The molecule has 0 aliphatic heterocycles. The largest absolute Gasteiger partial charge is 0.506 e. The van der Waals surface area contributed by atoms with E-state index in [1.807, 2.05) is 0 Å². The molecule has 0 heterocycles. The Labute approximate surface area is 82.9 Å². The van der Waals surface area contributed by atoms with Crippen molar-refractivity contribution in [2.24, 2.45) is 0 Å². The first kappa shape index (κ1) is 10.6. The van der Waals surface area contributed by atoms with Gasteiger partial charge in [-0.3, -0.25) is 4.72 Å². The highest BCUT2D eigenvalue weighted by Gasteiger charge is 2.17. The Bertz CT molecular complexity index is 451. The Balaban J connectivity index is 3.33. The van der Waals surface area contributed by atoms with E-state index >= 15 is 0 Å². The summed E-state index contributed by atoms with van der Waals surface area (Å²) in [5, 5.41) is 9.51. The molecule has 0 radical (unpaired) electrons. The molecule has 0 spiro atoms. The van der Waals surface area contributed by atoms with Crippen molar-refractivity contribution in [2.45, 2.75) is 11.8 Å². The zero-order valence-electron chi connectivity index (χ0n) is 7.69. The fourth-order valence-electron chi connectivity index (χ4n) is 1.02. The van der Waals surface area contributed by atoms with Crippen LogP contribution in [-0.2, 0) is 10.0 Å². The molecular weight excluding hydrogens is 202 g/mol. The van der Waals surface area contributed by atoms with Gasteiger partial charge in [0, 0.05) is 6.20 Å². The summed E-state index contributed by atoms with van der Waals surface area (Å²) in [7, 11) is -3.68. The zero-order valence-corrected chi connectivity index (χ0v) is 8.50. The van der Waals surface area contributed by atoms with E-state index in [1.165, 1.54) is 6.07 Å². The maximum Gasteiger partial charge on any atom is 0.265 e. The van der Waals surface area contributed by atoms with Gasteiger partial charge >= 0.3 is 0 Å². The van der Waals surface area contributed by atoms with E-state index in [2.05, 4.69) is 11.3 Å². The normalized spacial score (nSPS) is 10.9. The number of benzene rings is 1. The standard InChI is InChI=1S/C9H11NO3S/c1-3-10-14(12,13)8-6-4-5-7(2)9(8)11/h3-6,10-11H,1H2,2H3. The van der Waals surface area contributed by atoms with Crippen molar-refractivity contribution < 1.29 is 13.5 Å². The Morgan fingerprint density at radius 1 is 1.50 bits per heavy atom. The summed E-state index contributed by atoms with van der Waals surface area (Å²) >= 11 is 0. The van der Waals surface area contributed by atoms with Gasteiger partial charge in [-0.2, -0.15) is 0 Å². The number of phenolic OH excluding ortho intramolecular Hbond substituents is 1. The second kappa shape index (κ2) is 3.71. The Kier molecular flexibility index (Phi) is 2.81. The molecule has 5 heteroatoms. The maximum atomic E-state index is 11.5. The molecule has 0 fully saturated rings. The monoisotopic (exact) mass is 213 g/mol. The number of para-hydroxylation sites is 1. The van der Waals surface area contributed by atoms with Gasteiger partial charge in [-0.1, -0.05) is 18.7 Å². The van der Waals surface area contributed by atoms with Crippen LogP contribution in [0.15, 0.2) is 35.9 Å². The highest BCUT2D eigenvalue weighted by atomic mass is 32.2. The molecule has 0 aromatic heterocycles. The summed E-state index contributed by atoms with van der Waals surface area (Å²) in [5.74, 6) is -0.234. The molecule has 14 heavy (non-hydrogen) atoms. The molecule has 1 rings (SSSR count). The van der Waals surface area contributed by atoms with Crippen LogP contribution in [0.1, 0.15) is 5.56 Å². The van der Waals surface area contributed by atoms with E-state index in [-0.39, 0.29) is 10.6 Å². The van der Waals surface area contributed by atoms with E-state index in [4.69, 9.17) is 0 Å². The molecule has 4 nitrogen and oxygen atoms in total. The molecule has 0 atom stereocenters. The van der Waals surface area contributed by atoms with Crippen molar-refractivity contribution >= 4 is 10.0 Å². The van der Waals surface area contributed by atoms with Crippen molar-refractivity contribution in [3.05, 3.63) is 36.5 Å². The van der Waals surface area contributed by atoms with Crippen LogP contribution in [-0.4, -0.2) is 13.5 Å². The molecule has 2 N–H and O–H groups in total. The summed E-state index contributed by atoms with van der Waals surface area (Å²) in [4.78, 5) is -0.141. The highest BCUT2D eigenvalue weighted by molar-refractivity contribution is 7.89. The first-order valence-corrected chi connectivity index (χ1v) is 5.39. The van der Waals surface area contributed by atoms with Crippen LogP contribution in [0.3, 0.4) is 0 Å². The first-order chi connectivity index (χ1) is 6.49. The minimum Gasteiger partial charge on any atom is -0.506 e. The maximum absolute atomic E-state index is 11.5. The molecule has 0 unspecified atom stereocenters. The lowest BCUT2D eigenvalue weighted by Crippen LogP contribution is -2.17. The topological polar surface area (TPSA) is 66.4 Å². The van der Waals surface area contributed by atoms with Gasteiger partial charge in [0.15, 0.2) is 0 Å². The minimum atomic E-state index is -3.68. The smallest absolute Gasteiger partial charge is 0.265 e. The molecule has 76 valence electrons. The number of nitrogens with one attached hydrogen (secondary N) is 1. The van der Waals surface area contributed by atoms with Crippen LogP contribution in [0, 0.1) is 6.92 Å². The van der Waals surface area contributed by atoms with E-state index in [0.29, 0.717) is 5.56 Å². The average Bonchev–Trinajstić information content (AvgIpc) is 2.09. The fourth-order valence-corrected chi connectivity index (χ4v) is 2.04. The third-order valence-corrected chi connectivity index (χ3v) is 3.11. The van der Waals surface area contributed by atoms with Crippen molar-refractivity contribution in [1.29, 1.82) is 0 Å².